The lowest BCUT2D eigenvalue weighted by Crippen LogP contribution is -2.38. The summed E-state index contributed by atoms with van der Waals surface area (Å²) >= 11 is 0. The SMILES string of the molecule is CN=C(NCCOc1ccc(C)cc1)NCc1cccc(COC)c1. The second kappa shape index (κ2) is 10.4. The minimum absolute atomic E-state index is 0.576. The van der Waals surface area contributed by atoms with Crippen LogP contribution in [0.15, 0.2) is 53.5 Å². The summed E-state index contributed by atoms with van der Waals surface area (Å²) in [4.78, 5) is 4.23. The molecule has 2 rings (SSSR count). The van der Waals surface area contributed by atoms with E-state index in [1.165, 1.54) is 11.1 Å². The molecule has 0 fully saturated rings. The number of hydrogen-bond acceptors (Lipinski definition) is 3. The first-order chi connectivity index (χ1) is 12.2. The molecule has 0 heterocycles. The van der Waals surface area contributed by atoms with Crippen LogP contribution < -0.4 is 15.4 Å². The lowest BCUT2D eigenvalue weighted by molar-refractivity contribution is 0.185. The number of nitrogens with zero attached hydrogens (tertiary/aromatic N) is 1. The molecular weight excluding hydrogens is 314 g/mol. The predicted molar refractivity (Wildman–Crippen MR) is 102 cm³/mol. The third kappa shape index (κ3) is 6.85. The molecule has 2 aromatic carbocycles. The highest BCUT2D eigenvalue weighted by Gasteiger charge is 2.00. The summed E-state index contributed by atoms with van der Waals surface area (Å²) in [5, 5.41) is 6.55. The van der Waals surface area contributed by atoms with Gasteiger partial charge in [-0.3, -0.25) is 4.99 Å². The molecule has 0 bridgehead atoms. The molecule has 0 spiro atoms. The number of methoxy groups -OCH3 is 1. The van der Waals surface area contributed by atoms with Crippen molar-refractivity contribution in [3.8, 4) is 5.75 Å². The first-order valence-electron chi connectivity index (χ1n) is 8.42. The van der Waals surface area contributed by atoms with Crippen LogP contribution in [0.1, 0.15) is 16.7 Å². The van der Waals surface area contributed by atoms with Crippen LogP contribution in [-0.2, 0) is 17.9 Å². The van der Waals surface area contributed by atoms with Crippen molar-refractivity contribution in [3.05, 3.63) is 65.2 Å². The van der Waals surface area contributed by atoms with Crippen molar-refractivity contribution in [3.63, 3.8) is 0 Å². The van der Waals surface area contributed by atoms with Crippen LogP contribution in [-0.4, -0.2) is 33.3 Å². The number of aryl methyl sites for hydroxylation is 1. The van der Waals surface area contributed by atoms with Crippen LogP contribution in [0.4, 0.5) is 0 Å². The lowest BCUT2D eigenvalue weighted by Gasteiger charge is -2.13. The second-order valence-electron chi connectivity index (χ2n) is 5.77. The highest BCUT2D eigenvalue weighted by molar-refractivity contribution is 5.79. The van der Waals surface area contributed by atoms with Crippen LogP contribution in [0, 0.1) is 6.92 Å². The molecule has 134 valence electrons. The van der Waals surface area contributed by atoms with Gasteiger partial charge < -0.3 is 20.1 Å². The minimum Gasteiger partial charge on any atom is -0.492 e. The van der Waals surface area contributed by atoms with E-state index >= 15 is 0 Å². The van der Waals surface area contributed by atoms with Gasteiger partial charge in [0.1, 0.15) is 12.4 Å². The molecule has 0 aliphatic rings. The number of rotatable bonds is 8. The van der Waals surface area contributed by atoms with Gasteiger partial charge in [-0.1, -0.05) is 42.0 Å². The Morgan fingerprint density at radius 1 is 1.04 bits per heavy atom. The van der Waals surface area contributed by atoms with Crippen LogP contribution >= 0.6 is 0 Å². The van der Waals surface area contributed by atoms with Crippen molar-refractivity contribution in [2.45, 2.75) is 20.1 Å². The smallest absolute Gasteiger partial charge is 0.191 e. The summed E-state index contributed by atoms with van der Waals surface area (Å²) in [6.45, 7) is 4.64. The number of nitrogens with one attached hydrogen (secondary N) is 2. The zero-order chi connectivity index (χ0) is 17.9. The Morgan fingerprint density at radius 2 is 1.80 bits per heavy atom. The minimum atomic E-state index is 0.576. The molecule has 5 nitrogen and oxygen atoms in total. The maximum atomic E-state index is 5.70. The monoisotopic (exact) mass is 341 g/mol. The average Bonchev–Trinajstić information content (AvgIpc) is 2.63. The second-order valence-corrected chi connectivity index (χ2v) is 5.77. The molecule has 0 unspecified atom stereocenters. The third-order valence-corrected chi connectivity index (χ3v) is 3.67. The summed E-state index contributed by atoms with van der Waals surface area (Å²) in [5.74, 6) is 1.63. The van der Waals surface area contributed by atoms with Gasteiger partial charge in [0, 0.05) is 20.7 Å². The van der Waals surface area contributed by atoms with Gasteiger partial charge in [0.15, 0.2) is 5.96 Å². The Bertz CT molecular complexity index is 669. The zero-order valence-corrected chi connectivity index (χ0v) is 15.2. The summed E-state index contributed by atoms with van der Waals surface area (Å²) in [5.41, 5.74) is 3.58. The van der Waals surface area contributed by atoms with Crippen LogP contribution in [0.25, 0.3) is 0 Å². The fraction of sp³-hybridized carbons (Fsp3) is 0.350. The fourth-order valence-electron chi connectivity index (χ4n) is 2.38. The Morgan fingerprint density at radius 3 is 2.52 bits per heavy atom. The Balaban J connectivity index is 1.71. The Kier molecular flexibility index (Phi) is 7.79. The normalized spacial score (nSPS) is 11.2. The predicted octanol–water partition coefficient (Wildman–Crippen LogP) is 2.89. The zero-order valence-electron chi connectivity index (χ0n) is 15.2. The van der Waals surface area contributed by atoms with E-state index in [-0.39, 0.29) is 0 Å². The molecule has 0 aliphatic heterocycles. The standard InChI is InChI=1S/C20H27N3O2/c1-16-7-9-19(10-8-16)25-12-11-22-20(21-2)23-14-17-5-4-6-18(13-17)15-24-3/h4-10,13H,11-12,14-15H2,1-3H3,(H2,21,22,23). The molecular formula is C20H27N3O2. The molecule has 2 aromatic rings. The van der Waals surface area contributed by atoms with E-state index in [1.807, 2.05) is 30.3 Å². The van der Waals surface area contributed by atoms with Crippen molar-refractivity contribution >= 4 is 5.96 Å². The van der Waals surface area contributed by atoms with Crippen molar-refractivity contribution in [2.75, 3.05) is 27.3 Å². The largest absolute Gasteiger partial charge is 0.492 e. The lowest BCUT2D eigenvalue weighted by atomic mass is 10.1. The highest BCUT2D eigenvalue weighted by atomic mass is 16.5. The molecule has 0 saturated carbocycles. The number of hydrogen-bond donors (Lipinski definition) is 2. The van der Waals surface area contributed by atoms with Crippen LogP contribution in [0.5, 0.6) is 5.75 Å². The Labute approximate surface area is 150 Å². The van der Waals surface area contributed by atoms with Gasteiger partial charge in [-0.05, 0) is 30.2 Å². The van der Waals surface area contributed by atoms with E-state index < -0.39 is 0 Å². The van der Waals surface area contributed by atoms with Gasteiger partial charge in [0.25, 0.3) is 0 Å². The van der Waals surface area contributed by atoms with Gasteiger partial charge in [0.05, 0.1) is 13.2 Å². The molecule has 2 N–H and O–H groups in total. The molecule has 25 heavy (non-hydrogen) atoms. The summed E-state index contributed by atoms with van der Waals surface area (Å²) in [6.07, 6.45) is 0. The number of benzene rings is 2. The molecule has 5 heteroatoms. The van der Waals surface area contributed by atoms with E-state index in [1.54, 1.807) is 14.2 Å². The molecule has 0 radical (unpaired) electrons. The molecule has 0 amide bonds. The summed E-state index contributed by atoms with van der Waals surface area (Å²) in [7, 11) is 3.47. The number of ether oxygens (including phenoxy) is 2. The van der Waals surface area contributed by atoms with E-state index in [9.17, 15) is 0 Å². The molecule has 0 atom stereocenters. The van der Waals surface area contributed by atoms with Gasteiger partial charge >= 0.3 is 0 Å². The number of aliphatic imine (C=N–C) groups is 1. The van der Waals surface area contributed by atoms with Crippen molar-refractivity contribution < 1.29 is 9.47 Å². The maximum Gasteiger partial charge on any atom is 0.191 e. The first kappa shape index (κ1) is 18.8. The van der Waals surface area contributed by atoms with E-state index in [2.05, 4.69) is 40.7 Å². The topological polar surface area (TPSA) is 54.9 Å². The molecule has 0 aliphatic carbocycles. The van der Waals surface area contributed by atoms with E-state index in [0.29, 0.717) is 26.3 Å². The summed E-state index contributed by atoms with van der Waals surface area (Å²) in [6, 6.07) is 16.4. The van der Waals surface area contributed by atoms with E-state index in [4.69, 9.17) is 9.47 Å². The van der Waals surface area contributed by atoms with Crippen LogP contribution in [0.3, 0.4) is 0 Å². The molecule has 0 aromatic heterocycles. The van der Waals surface area contributed by atoms with Gasteiger partial charge in [-0.15, -0.1) is 0 Å². The Hall–Kier alpha value is -2.53. The van der Waals surface area contributed by atoms with E-state index in [0.717, 1.165) is 17.3 Å². The van der Waals surface area contributed by atoms with Crippen LogP contribution in [0.2, 0.25) is 0 Å². The number of guanidine groups is 1. The van der Waals surface area contributed by atoms with Gasteiger partial charge in [0.2, 0.25) is 0 Å². The molecule has 0 saturated heterocycles. The first-order valence-corrected chi connectivity index (χ1v) is 8.42. The van der Waals surface area contributed by atoms with Gasteiger partial charge in [-0.2, -0.15) is 0 Å². The maximum absolute atomic E-state index is 5.70. The van der Waals surface area contributed by atoms with Crippen molar-refractivity contribution in [1.82, 2.24) is 10.6 Å². The quantitative estimate of drug-likeness (QED) is 0.440. The average molecular weight is 341 g/mol. The third-order valence-electron chi connectivity index (χ3n) is 3.67. The summed E-state index contributed by atoms with van der Waals surface area (Å²) < 4.78 is 10.9. The van der Waals surface area contributed by atoms with Crippen molar-refractivity contribution in [1.29, 1.82) is 0 Å². The highest BCUT2D eigenvalue weighted by Crippen LogP contribution is 2.10. The van der Waals surface area contributed by atoms with Gasteiger partial charge in [-0.25, -0.2) is 0 Å². The van der Waals surface area contributed by atoms with Crippen molar-refractivity contribution in [2.24, 2.45) is 4.99 Å². The fourth-order valence-corrected chi connectivity index (χ4v) is 2.38.